The van der Waals surface area contributed by atoms with Crippen molar-refractivity contribution in [3.8, 4) is 0 Å². The molecule has 1 N–H and O–H groups in total. The van der Waals surface area contributed by atoms with Gasteiger partial charge in [0.2, 0.25) is 0 Å². The molecule has 2 aliphatic rings. The first-order valence-corrected chi connectivity index (χ1v) is 6.59. The summed E-state index contributed by atoms with van der Waals surface area (Å²) in [6, 6.07) is 0.745. The molecule has 0 bridgehead atoms. The Morgan fingerprint density at radius 3 is 2.88 bits per heavy atom. The molecule has 3 nitrogen and oxygen atoms in total. The van der Waals surface area contributed by atoms with Gasteiger partial charge in [-0.1, -0.05) is 0 Å². The van der Waals surface area contributed by atoms with Crippen LogP contribution in [0.2, 0.25) is 0 Å². The molecule has 0 saturated carbocycles. The van der Waals surface area contributed by atoms with Gasteiger partial charge in [0.05, 0.1) is 6.61 Å². The van der Waals surface area contributed by atoms with Gasteiger partial charge < -0.3 is 10.1 Å². The van der Waals surface area contributed by atoms with E-state index in [0.717, 1.165) is 25.1 Å². The minimum Gasteiger partial charge on any atom is -0.384 e. The lowest BCUT2D eigenvalue weighted by molar-refractivity contribution is 0.0711. The van der Waals surface area contributed by atoms with Crippen molar-refractivity contribution >= 4 is 0 Å². The molecule has 2 saturated heterocycles. The van der Waals surface area contributed by atoms with E-state index in [0.29, 0.717) is 5.54 Å². The lowest BCUT2D eigenvalue weighted by Gasteiger charge is -2.36. The molecule has 0 spiro atoms. The van der Waals surface area contributed by atoms with Crippen molar-refractivity contribution in [3.63, 3.8) is 0 Å². The van der Waals surface area contributed by atoms with Gasteiger partial charge in [-0.3, -0.25) is 4.90 Å². The van der Waals surface area contributed by atoms with Crippen molar-refractivity contribution in [1.82, 2.24) is 10.2 Å². The summed E-state index contributed by atoms with van der Waals surface area (Å²) in [5.74, 6) is 0.752. The van der Waals surface area contributed by atoms with Gasteiger partial charge in [-0.05, 0) is 45.6 Å². The average molecular weight is 226 g/mol. The van der Waals surface area contributed by atoms with E-state index in [1.54, 1.807) is 0 Å². The first-order chi connectivity index (χ1) is 7.61. The minimum atomic E-state index is 0.332. The van der Waals surface area contributed by atoms with Crippen LogP contribution in [-0.4, -0.2) is 49.8 Å². The van der Waals surface area contributed by atoms with Gasteiger partial charge in [0.25, 0.3) is 0 Å². The van der Waals surface area contributed by atoms with Crippen LogP contribution in [0.25, 0.3) is 0 Å². The first kappa shape index (κ1) is 12.3. The summed E-state index contributed by atoms with van der Waals surface area (Å²) < 4.78 is 5.29. The summed E-state index contributed by atoms with van der Waals surface area (Å²) in [5, 5.41) is 3.62. The zero-order valence-corrected chi connectivity index (χ0v) is 11.0. The van der Waals surface area contributed by atoms with Crippen LogP contribution in [-0.2, 0) is 4.74 Å². The predicted molar refractivity (Wildman–Crippen MR) is 66.7 cm³/mol. The number of piperidine rings is 1. The van der Waals surface area contributed by atoms with Crippen LogP contribution in [0, 0.1) is 5.92 Å². The van der Waals surface area contributed by atoms with Gasteiger partial charge in [0.15, 0.2) is 0 Å². The first-order valence-electron chi connectivity index (χ1n) is 6.59. The highest BCUT2D eigenvalue weighted by molar-refractivity contribution is 4.95. The number of nitrogens with one attached hydrogen (secondary N) is 1. The Bertz CT molecular complexity index is 228. The number of methoxy groups -OCH3 is 1. The topological polar surface area (TPSA) is 24.5 Å². The molecule has 2 heterocycles. The fraction of sp³-hybridized carbons (Fsp3) is 1.00. The van der Waals surface area contributed by atoms with Gasteiger partial charge in [-0.15, -0.1) is 0 Å². The third-order valence-corrected chi connectivity index (χ3v) is 4.03. The molecular formula is C13H26N2O. The maximum Gasteiger partial charge on any atom is 0.0502 e. The van der Waals surface area contributed by atoms with Crippen LogP contribution in [0.5, 0.6) is 0 Å². The number of hydrogen-bond donors (Lipinski definition) is 1. The Labute approximate surface area is 99.5 Å². The summed E-state index contributed by atoms with van der Waals surface area (Å²) in [5.41, 5.74) is 0.332. The summed E-state index contributed by atoms with van der Waals surface area (Å²) in [6.07, 6.45) is 3.96. The van der Waals surface area contributed by atoms with Crippen molar-refractivity contribution in [2.24, 2.45) is 5.92 Å². The molecule has 3 heteroatoms. The molecule has 2 atom stereocenters. The third-order valence-electron chi connectivity index (χ3n) is 4.03. The van der Waals surface area contributed by atoms with Crippen LogP contribution in [0.1, 0.15) is 33.1 Å². The van der Waals surface area contributed by atoms with Gasteiger partial charge in [-0.2, -0.15) is 0 Å². The van der Waals surface area contributed by atoms with Gasteiger partial charge >= 0.3 is 0 Å². The second-order valence-electron chi connectivity index (χ2n) is 6.08. The lowest BCUT2D eigenvalue weighted by Crippen LogP contribution is -2.44. The van der Waals surface area contributed by atoms with Crippen molar-refractivity contribution in [3.05, 3.63) is 0 Å². The molecule has 0 aromatic heterocycles. The Balaban J connectivity index is 1.85. The van der Waals surface area contributed by atoms with Gasteiger partial charge in [0, 0.05) is 31.8 Å². The zero-order chi connectivity index (χ0) is 11.6. The molecule has 0 radical (unpaired) electrons. The molecule has 0 aromatic carbocycles. The highest BCUT2D eigenvalue weighted by Crippen LogP contribution is 2.26. The Kier molecular flexibility index (Phi) is 3.88. The van der Waals surface area contributed by atoms with E-state index in [4.69, 9.17) is 4.74 Å². The zero-order valence-electron chi connectivity index (χ0n) is 11.0. The predicted octanol–water partition coefficient (Wildman–Crippen LogP) is 1.49. The van der Waals surface area contributed by atoms with Crippen molar-refractivity contribution in [1.29, 1.82) is 0 Å². The smallest absolute Gasteiger partial charge is 0.0502 e. The monoisotopic (exact) mass is 226 g/mol. The number of hydrogen-bond acceptors (Lipinski definition) is 3. The summed E-state index contributed by atoms with van der Waals surface area (Å²) >= 11 is 0. The molecule has 2 unspecified atom stereocenters. The number of rotatable bonds is 3. The van der Waals surface area contributed by atoms with E-state index in [1.165, 1.54) is 32.4 Å². The normalized spacial score (nSPS) is 35.4. The third kappa shape index (κ3) is 2.96. The fourth-order valence-corrected chi connectivity index (χ4v) is 3.19. The van der Waals surface area contributed by atoms with E-state index < -0.39 is 0 Å². The molecule has 2 rings (SSSR count). The molecule has 16 heavy (non-hydrogen) atoms. The summed E-state index contributed by atoms with van der Waals surface area (Å²) in [4.78, 5) is 2.68. The van der Waals surface area contributed by atoms with Gasteiger partial charge in [-0.25, -0.2) is 0 Å². The molecule has 2 aliphatic heterocycles. The Morgan fingerprint density at radius 2 is 2.25 bits per heavy atom. The van der Waals surface area contributed by atoms with Gasteiger partial charge in [0.1, 0.15) is 0 Å². The van der Waals surface area contributed by atoms with E-state index in [1.807, 2.05) is 7.11 Å². The van der Waals surface area contributed by atoms with Crippen LogP contribution in [0.3, 0.4) is 0 Å². The molecule has 2 fully saturated rings. The quantitative estimate of drug-likeness (QED) is 0.789. The van der Waals surface area contributed by atoms with E-state index >= 15 is 0 Å². The minimum absolute atomic E-state index is 0.332. The van der Waals surface area contributed by atoms with E-state index in [-0.39, 0.29) is 0 Å². The molecular weight excluding hydrogens is 200 g/mol. The number of likely N-dealkylation sites (tertiary alicyclic amines) is 1. The van der Waals surface area contributed by atoms with Crippen LogP contribution < -0.4 is 5.32 Å². The van der Waals surface area contributed by atoms with E-state index in [2.05, 4.69) is 24.1 Å². The van der Waals surface area contributed by atoms with Crippen LogP contribution >= 0.6 is 0 Å². The van der Waals surface area contributed by atoms with Crippen LogP contribution in [0.4, 0.5) is 0 Å². The van der Waals surface area contributed by atoms with E-state index in [9.17, 15) is 0 Å². The maximum atomic E-state index is 5.29. The number of ether oxygens (including phenoxy) is 1. The molecule has 0 aliphatic carbocycles. The second kappa shape index (κ2) is 5.03. The maximum absolute atomic E-state index is 5.29. The Hall–Kier alpha value is -0.120. The Morgan fingerprint density at radius 1 is 1.44 bits per heavy atom. The second-order valence-corrected chi connectivity index (χ2v) is 6.08. The molecule has 0 aromatic rings. The number of nitrogens with zero attached hydrogens (tertiary/aromatic N) is 1. The highest BCUT2D eigenvalue weighted by Gasteiger charge is 2.35. The average Bonchev–Trinajstić information content (AvgIpc) is 2.60. The molecule has 0 amide bonds. The lowest BCUT2D eigenvalue weighted by atomic mass is 9.95. The molecule has 94 valence electrons. The van der Waals surface area contributed by atoms with Crippen LogP contribution in [0.15, 0.2) is 0 Å². The fourth-order valence-electron chi connectivity index (χ4n) is 3.19. The standard InChI is InChI=1S/C13H26N2O/c1-13(2)7-12(8-14-13)15-6-4-5-11(9-15)10-16-3/h11-12,14H,4-10H2,1-3H3. The van der Waals surface area contributed by atoms with Crippen molar-refractivity contribution < 1.29 is 4.74 Å². The largest absolute Gasteiger partial charge is 0.384 e. The van der Waals surface area contributed by atoms with Crippen molar-refractivity contribution in [2.75, 3.05) is 33.4 Å². The summed E-state index contributed by atoms with van der Waals surface area (Å²) in [6.45, 7) is 9.22. The highest BCUT2D eigenvalue weighted by atomic mass is 16.5. The summed E-state index contributed by atoms with van der Waals surface area (Å²) in [7, 11) is 1.82. The van der Waals surface area contributed by atoms with Crippen molar-refractivity contribution in [2.45, 2.75) is 44.7 Å². The SMILES string of the molecule is COCC1CCCN(C2CNC(C)(C)C2)C1.